The van der Waals surface area contributed by atoms with Crippen molar-refractivity contribution in [2.24, 2.45) is 11.3 Å². The van der Waals surface area contributed by atoms with Crippen LogP contribution in [0.2, 0.25) is 0 Å². The highest BCUT2D eigenvalue weighted by atomic mass is 16.6. The van der Waals surface area contributed by atoms with Crippen LogP contribution in [-0.4, -0.2) is 31.9 Å². The summed E-state index contributed by atoms with van der Waals surface area (Å²) in [5.41, 5.74) is 2.55. The second-order valence-electron chi connectivity index (χ2n) is 5.44. The van der Waals surface area contributed by atoms with Crippen molar-refractivity contribution < 1.29 is 14.4 Å². The van der Waals surface area contributed by atoms with Crippen molar-refractivity contribution in [3.05, 3.63) is 0 Å². The van der Waals surface area contributed by atoms with Crippen molar-refractivity contribution in [3.8, 4) is 0 Å². The molecule has 0 aromatic carbocycles. The number of hydrogen-bond acceptors (Lipinski definition) is 3. The largest absolute Gasteiger partial charge is 0.377 e. The fraction of sp³-hybridized carbons (Fsp3) is 0.917. The molecule has 1 saturated heterocycles. The number of carbonyl (C=O) groups excluding carboxylic acids is 1. The first-order valence-corrected chi connectivity index (χ1v) is 6.49. The molecule has 2 aliphatic carbocycles. The number of nitrogens with one attached hydrogen (secondary N) is 2. The lowest BCUT2D eigenvalue weighted by Gasteiger charge is -2.56. The Morgan fingerprint density at radius 3 is 2.88 bits per heavy atom. The highest BCUT2D eigenvalue weighted by molar-refractivity contribution is 5.73. The van der Waals surface area contributed by atoms with E-state index < -0.39 is 0 Å². The Kier molecular flexibility index (Phi) is 2.75. The fourth-order valence-electron chi connectivity index (χ4n) is 4.17. The smallest absolute Gasteiger partial charge is 0.338 e. The Morgan fingerprint density at radius 2 is 2.18 bits per heavy atom. The molecule has 1 aliphatic heterocycles. The molecule has 5 nitrogen and oxygen atoms in total. The van der Waals surface area contributed by atoms with Crippen LogP contribution in [0.25, 0.3) is 0 Å². The van der Waals surface area contributed by atoms with E-state index in [1.54, 1.807) is 0 Å². The Labute approximate surface area is 101 Å². The Morgan fingerprint density at radius 1 is 1.41 bits per heavy atom. The molecule has 0 unspecified atom stereocenters. The third kappa shape index (κ3) is 1.56. The maximum absolute atomic E-state index is 11.6. The number of amides is 2. The van der Waals surface area contributed by atoms with Crippen LogP contribution >= 0.6 is 0 Å². The van der Waals surface area contributed by atoms with E-state index in [-0.39, 0.29) is 17.5 Å². The zero-order chi connectivity index (χ0) is 11.9. The maximum atomic E-state index is 11.6. The zero-order valence-electron chi connectivity index (χ0n) is 10.2. The quantitative estimate of drug-likeness (QED) is 0.713. The zero-order valence-corrected chi connectivity index (χ0v) is 10.2. The first kappa shape index (κ1) is 11.3. The van der Waals surface area contributed by atoms with Gasteiger partial charge in [0.2, 0.25) is 0 Å². The number of rotatable bonds is 2. The Bertz CT molecular complexity index is 315. The second kappa shape index (κ2) is 4.14. The van der Waals surface area contributed by atoms with Gasteiger partial charge >= 0.3 is 6.03 Å². The summed E-state index contributed by atoms with van der Waals surface area (Å²) >= 11 is 0. The van der Waals surface area contributed by atoms with E-state index in [2.05, 4.69) is 15.6 Å². The van der Waals surface area contributed by atoms with Gasteiger partial charge in [0.05, 0.1) is 13.2 Å². The van der Waals surface area contributed by atoms with Crippen LogP contribution in [0.1, 0.15) is 32.1 Å². The highest BCUT2D eigenvalue weighted by Gasteiger charge is 2.65. The summed E-state index contributed by atoms with van der Waals surface area (Å²) in [4.78, 5) is 16.2. The normalized spacial score (nSPS) is 37.6. The summed E-state index contributed by atoms with van der Waals surface area (Å²) in [6.07, 6.45) is 6.35. The third-order valence-corrected chi connectivity index (χ3v) is 4.77. The van der Waals surface area contributed by atoms with Crippen molar-refractivity contribution in [1.82, 2.24) is 10.8 Å². The van der Waals surface area contributed by atoms with Gasteiger partial charge in [-0.1, -0.05) is 12.8 Å². The van der Waals surface area contributed by atoms with Crippen LogP contribution in [0.3, 0.4) is 0 Å². The summed E-state index contributed by atoms with van der Waals surface area (Å²) < 4.78 is 5.86. The van der Waals surface area contributed by atoms with Gasteiger partial charge in [-0.3, -0.25) is 4.84 Å². The van der Waals surface area contributed by atoms with Crippen LogP contribution in [0.4, 0.5) is 4.79 Å². The van der Waals surface area contributed by atoms with Gasteiger partial charge in [0.1, 0.15) is 0 Å². The molecule has 2 saturated carbocycles. The van der Waals surface area contributed by atoms with Gasteiger partial charge in [-0.25, -0.2) is 10.3 Å². The van der Waals surface area contributed by atoms with Crippen molar-refractivity contribution in [1.29, 1.82) is 0 Å². The van der Waals surface area contributed by atoms with E-state index in [4.69, 9.17) is 4.74 Å². The molecule has 2 N–H and O–H groups in total. The van der Waals surface area contributed by atoms with E-state index >= 15 is 0 Å². The van der Waals surface area contributed by atoms with Crippen LogP contribution in [0.15, 0.2) is 0 Å². The lowest BCUT2D eigenvalue weighted by Crippen LogP contribution is -2.69. The van der Waals surface area contributed by atoms with E-state index in [0.29, 0.717) is 12.0 Å². The van der Waals surface area contributed by atoms with Gasteiger partial charge in [-0.05, 0) is 19.3 Å². The summed E-state index contributed by atoms with van der Waals surface area (Å²) in [5, 5.41) is 3.07. The average Bonchev–Trinajstić information content (AvgIpc) is 2.94. The number of ether oxygens (including phenoxy) is 1. The second-order valence-corrected chi connectivity index (χ2v) is 5.44. The molecule has 2 amide bonds. The molecule has 3 fully saturated rings. The molecule has 5 heteroatoms. The highest BCUT2D eigenvalue weighted by Crippen LogP contribution is 2.60. The van der Waals surface area contributed by atoms with Gasteiger partial charge in [0.15, 0.2) is 0 Å². The number of fused-ring (bicyclic) bond motifs is 2. The van der Waals surface area contributed by atoms with Gasteiger partial charge in [0, 0.05) is 24.0 Å². The van der Waals surface area contributed by atoms with Crippen LogP contribution in [0.5, 0.6) is 0 Å². The van der Waals surface area contributed by atoms with E-state index in [1.165, 1.54) is 32.8 Å². The molecule has 96 valence electrons. The van der Waals surface area contributed by atoms with Crippen LogP contribution < -0.4 is 10.8 Å². The van der Waals surface area contributed by atoms with Crippen molar-refractivity contribution in [3.63, 3.8) is 0 Å². The molecular weight excluding hydrogens is 220 g/mol. The average molecular weight is 240 g/mol. The molecule has 1 heterocycles. The number of urea groups is 1. The molecule has 1 spiro atoms. The molecule has 0 bridgehead atoms. The number of hydroxylamine groups is 1. The van der Waals surface area contributed by atoms with Crippen LogP contribution in [-0.2, 0) is 9.57 Å². The number of hydrogen-bond donors (Lipinski definition) is 2. The molecular formula is C12H20N2O3. The summed E-state index contributed by atoms with van der Waals surface area (Å²) in [7, 11) is 1.45. The predicted molar refractivity (Wildman–Crippen MR) is 61.2 cm³/mol. The summed E-state index contributed by atoms with van der Waals surface area (Å²) in [5.74, 6) is 0.510. The van der Waals surface area contributed by atoms with Gasteiger partial charge < -0.3 is 10.1 Å². The molecule has 3 atom stereocenters. The molecule has 0 aromatic rings. The molecule has 0 radical (unpaired) electrons. The SMILES string of the molecule is CONC(=O)N[C@@H]1[C@H]2CCO[C@H]2C12CCCC2. The Balaban J connectivity index is 1.71. The molecule has 17 heavy (non-hydrogen) atoms. The first-order chi connectivity index (χ1) is 8.28. The minimum absolute atomic E-state index is 0.215. The molecule has 0 aromatic heterocycles. The minimum Gasteiger partial charge on any atom is -0.377 e. The third-order valence-electron chi connectivity index (χ3n) is 4.77. The van der Waals surface area contributed by atoms with Crippen molar-refractivity contribution in [2.45, 2.75) is 44.2 Å². The maximum Gasteiger partial charge on any atom is 0.338 e. The predicted octanol–water partition coefficient (Wildman–Crippen LogP) is 1.19. The van der Waals surface area contributed by atoms with Crippen molar-refractivity contribution >= 4 is 6.03 Å². The monoisotopic (exact) mass is 240 g/mol. The topological polar surface area (TPSA) is 59.6 Å². The van der Waals surface area contributed by atoms with Gasteiger partial charge in [-0.2, -0.15) is 0 Å². The van der Waals surface area contributed by atoms with E-state index in [1.807, 2.05) is 0 Å². The standard InChI is InChI=1S/C12H20N2O3/c1-16-14-11(15)13-9-8-4-7-17-10(8)12(9)5-2-3-6-12/h8-10H,2-7H2,1H3,(H2,13,14,15)/t8-,9-,10-/m1/s1. The van der Waals surface area contributed by atoms with Gasteiger partial charge in [0.25, 0.3) is 0 Å². The fourth-order valence-corrected chi connectivity index (χ4v) is 4.17. The van der Waals surface area contributed by atoms with E-state index in [9.17, 15) is 4.79 Å². The minimum atomic E-state index is -0.228. The lowest BCUT2D eigenvalue weighted by molar-refractivity contribution is -0.127. The Hall–Kier alpha value is -0.810. The molecule has 3 aliphatic rings. The molecule has 3 rings (SSSR count). The van der Waals surface area contributed by atoms with Gasteiger partial charge in [-0.15, -0.1) is 0 Å². The first-order valence-electron chi connectivity index (χ1n) is 6.49. The summed E-state index contributed by atoms with van der Waals surface area (Å²) in [6.45, 7) is 0.848. The van der Waals surface area contributed by atoms with Crippen LogP contribution in [0, 0.1) is 11.3 Å². The van der Waals surface area contributed by atoms with Crippen molar-refractivity contribution in [2.75, 3.05) is 13.7 Å². The summed E-state index contributed by atoms with van der Waals surface area (Å²) in [6, 6.07) is 0.0433. The lowest BCUT2D eigenvalue weighted by atomic mass is 9.54. The number of carbonyl (C=O) groups is 1. The van der Waals surface area contributed by atoms with E-state index in [0.717, 1.165) is 13.0 Å².